The Morgan fingerprint density at radius 2 is 1.95 bits per heavy atom. The maximum absolute atomic E-state index is 11.4. The summed E-state index contributed by atoms with van der Waals surface area (Å²) in [6.45, 7) is 1.60. The number of pyridine rings is 1. The summed E-state index contributed by atoms with van der Waals surface area (Å²) >= 11 is 0. The first-order valence-corrected chi connectivity index (χ1v) is 6.91. The SMILES string of the molecule is CN[C@@H](Cc1ccc(-c2ccc(OC)cc2)nc1)C(C)=O. The highest BCUT2D eigenvalue weighted by atomic mass is 16.5. The minimum atomic E-state index is -0.154. The molecule has 0 radical (unpaired) electrons. The van der Waals surface area contributed by atoms with Gasteiger partial charge in [0.15, 0.2) is 0 Å². The quantitative estimate of drug-likeness (QED) is 0.885. The van der Waals surface area contributed by atoms with E-state index in [0.29, 0.717) is 6.42 Å². The van der Waals surface area contributed by atoms with Crippen LogP contribution >= 0.6 is 0 Å². The van der Waals surface area contributed by atoms with Crippen LogP contribution in [0.3, 0.4) is 0 Å². The van der Waals surface area contributed by atoms with Gasteiger partial charge in [-0.1, -0.05) is 6.07 Å². The molecule has 1 aromatic heterocycles. The van der Waals surface area contributed by atoms with Crippen molar-refractivity contribution < 1.29 is 9.53 Å². The van der Waals surface area contributed by atoms with E-state index in [9.17, 15) is 4.79 Å². The number of ether oxygens (including phenoxy) is 1. The Bertz CT molecular complexity index is 591. The summed E-state index contributed by atoms with van der Waals surface area (Å²) in [7, 11) is 3.44. The molecule has 0 aliphatic rings. The Hall–Kier alpha value is -2.20. The number of hydrogen-bond acceptors (Lipinski definition) is 4. The molecule has 2 rings (SSSR count). The van der Waals surface area contributed by atoms with Gasteiger partial charge in [-0.3, -0.25) is 9.78 Å². The maximum Gasteiger partial charge on any atom is 0.147 e. The van der Waals surface area contributed by atoms with Crippen molar-refractivity contribution in [3.63, 3.8) is 0 Å². The lowest BCUT2D eigenvalue weighted by Gasteiger charge is -2.12. The van der Waals surface area contributed by atoms with Gasteiger partial charge in [0, 0.05) is 11.8 Å². The second-order valence-electron chi connectivity index (χ2n) is 4.94. The van der Waals surface area contributed by atoms with E-state index in [0.717, 1.165) is 22.6 Å². The Morgan fingerprint density at radius 3 is 2.43 bits per heavy atom. The molecule has 0 aliphatic carbocycles. The van der Waals surface area contributed by atoms with Crippen LogP contribution in [0.4, 0.5) is 0 Å². The summed E-state index contributed by atoms with van der Waals surface area (Å²) in [6.07, 6.45) is 2.48. The van der Waals surface area contributed by atoms with Gasteiger partial charge in [-0.2, -0.15) is 0 Å². The molecule has 0 aliphatic heterocycles. The molecule has 110 valence electrons. The smallest absolute Gasteiger partial charge is 0.147 e. The molecule has 0 saturated carbocycles. The summed E-state index contributed by atoms with van der Waals surface area (Å²) in [6, 6.07) is 11.6. The van der Waals surface area contributed by atoms with Crippen LogP contribution in [0, 0.1) is 0 Å². The fourth-order valence-corrected chi connectivity index (χ4v) is 2.16. The normalized spacial score (nSPS) is 12.0. The fourth-order valence-electron chi connectivity index (χ4n) is 2.16. The molecular weight excluding hydrogens is 264 g/mol. The molecule has 4 heteroatoms. The fraction of sp³-hybridized carbons (Fsp3) is 0.294. The van der Waals surface area contributed by atoms with Crippen LogP contribution in [0.5, 0.6) is 5.75 Å². The van der Waals surface area contributed by atoms with Crippen LogP contribution in [0.25, 0.3) is 11.3 Å². The van der Waals surface area contributed by atoms with Crippen molar-refractivity contribution in [1.82, 2.24) is 10.3 Å². The Kier molecular flexibility index (Phi) is 5.06. The number of nitrogens with zero attached hydrogens (tertiary/aromatic N) is 1. The first kappa shape index (κ1) is 15.2. The van der Waals surface area contributed by atoms with E-state index in [1.165, 1.54) is 0 Å². The molecule has 0 amide bonds. The second kappa shape index (κ2) is 6.99. The van der Waals surface area contributed by atoms with Gasteiger partial charge in [0.1, 0.15) is 11.5 Å². The summed E-state index contributed by atoms with van der Waals surface area (Å²) in [5, 5.41) is 3.02. The molecule has 0 spiro atoms. The highest BCUT2D eigenvalue weighted by Crippen LogP contribution is 2.20. The van der Waals surface area contributed by atoms with Crippen LogP contribution in [0.2, 0.25) is 0 Å². The van der Waals surface area contributed by atoms with E-state index in [1.807, 2.05) is 42.6 Å². The lowest BCUT2D eigenvalue weighted by molar-refractivity contribution is -0.118. The third-order valence-electron chi connectivity index (χ3n) is 3.49. The number of aromatic nitrogens is 1. The van der Waals surface area contributed by atoms with Gasteiger partial charge in [0.25, 0.3) is 0 Å². The number of hydrogen-bond donors (Lipinski definition) is 1. The van der Waals surface area contributed by atoms with Crippen LogP contribution in [0.15, 0.2) is 42.6 Å². The standard InChI is InChI=1S/C17H20N2O2/c1-12(20)17(18-2)10-13-4-9-16(19-11-13)14-5-7-15(21-3)8-6-14/h4-9,11,17-18H,10H2,1-3H3/t17-/m0/s1. The van der Waals surface area contributed by atoms with E-state index in [-0.39, 0.29) is 11.8 Å². The number of Topliss-reactive ketones (excluding diaryl/α,β-unsaturated/α-hetero) is 1. The van der Waals surface area contributed by atoms with Crippen molar-refractivity contribution >= 4 is 5.78 Å². The first-order chi connectivity index (χ1) is 10.1. The largest absolute Gasteiger partial charge is 0.497 e. The molecule has 1 aromatic carbocycles. The summed E-state index contributed by atoms with van der Waals surface area (Å²) in [5.74, 6) is 0.963. The van der Waals surface area contributed by atoms with Gasteiger partial charge in [-0.25, -0.2) is 0 Å². The van der Waals surface area contributed by atoms with E-state index >= 15 is 0 Å². The monoisotopic (exact) mass is 284 g/mol. The lowest BCUT2D eigenvalue weighted by atomic mass is 10.0. The molecule has 4 nitrogen and oxygen atoms in total. The summed E-state index contributed by atoms with van der Waals surface area (Å²) in [5.41, 5.74) is 2.99. The number of carbonyl (C=O) groups is 1. The highest BCUT2D eigenvalue weighted by Gasteiger charge is 2.12. The zero-order chi connectivity index (χ0) is 15.2. The minimum absolute atomic E-state index is 0.136. The van der Waals surface area contributed by atoms with Crippen LogP contribution in [0.1, 0.15) is 12.5 Å². The lowest BCUT2D eigenvalue weighted by Crippen LogP contribution is -2.34. The van der Waals surface area contributed by atoms with Gasteiger partial charge >= 0.3 is 0 Å². The average molecular weight is 284 g/mol. The van der Waals surface area contributed by atoms with E-state index in [2.05, 4.69) is 10.3 Å². The molecule has 0 unspecified atom stereocenters. The van der Waals surface area contributed by atoms with Crippen LogP contribution in [-0.4, -0.2) is 31.0 Å². The van der Waals surface area contributed by atoms with Gasteiger partial charge in [-0.05, 0) is 56.3 Å². The molecular formula is C17H20N2O2. The van der Waals surface area contributed by atoms with E-state index < -0.39 is 0 Å². The molecule has 2 aromatic rings. The van der Waals surface area contributed by atoms with Crippen LogP contribution < -0.4 is 10.1 Å². The average Bonchev–Trinajstić information content (AvgIpc) is 2.53. The Morgan fingerprint density at radius 1 is 1.24 bits per heavy atom. The predicted molar refractivity (Wildman–Crippen MR) is 83.5 cm³/mol. The third-order valence-corrected chi connectivity index (χ3v) is 3.49. The zero-order valence-corrected chi connectivity index (χ0v) is 12.6. The van der Waals surface area contributed by atoms with Gasteiger partial charge in [-0.15, -0.1) is 0 Å². The zero-order valence-electron chi connectivity index (χ0n) is 12.6. The van der Waals surface area contributed by atoms with Crippen molar-refractivity contribution in [2.45, 2.75) is 19.4 Å². The number of methoxy groups -OCH3 is 1. The summed E-state index contributed by atoms with van der Waals surface area (Å²) < 4.78 is 5.14. The van der Waals surface area contributed by atoms with Gasteiger partial charge in [0.05, 0.1) is 18.8 Å². The summed E-state index contributed by atoms with van der Waals surface area (Å²) in [4.78, 5) is 15.9. The van der Waals surface area contributed by atoms with Crippen molar-refractivity contribution in [1.29, 1.82) is 0 Å². The molecule has 1 heterocycles. The molecule has 21 heavy (non-hydrogen) atoms. The topological polar surface area (TPSA) is 51.2 Å². The number of benzene rings is 1. The predicted octanol–water partition coefficient (Wildman–Crippen LogP) is 2.48. The van der Waals surface area contributed by atoms with E-state index in [1.54, 1.807) is 21.1 Å². The maximum atomic E-state index is 11.4. The Balaban J connectivity index is 2.12. The van der Waals surface area contributed by atoms with Gasteiger partial charge < -0.3 is 10.1 Å². The van der Waals surface area contributed by atoms with Crippen molar-refractivity contribution in [2.24, 2.45) is 0 Å². The molecule has 1 atom stereocenters. The minimum Gasteiger partial charge on any atom is -0.497 e. The Labute approximate surface area is 125 Å². The third kappa shape index (κ3) is 3.89. The first-order valence-electron chi connectivity index (χ1n) is 6.91. The number of rotatable bonds is 6. The second-order valence-corrected chi connectivity index (χ2v) is 4.94. The number of nitrogens with one attached hydrogen (secondary N) is 1. The van der Waals surface area contributed by atoms with E-state index in [4.69, 9.17) is 4.74 Å². The molecule has 0 saturated heterocycles. The molecule has 0 fully saturated rings. The van der Waals surface area contributed by atoms with Crippen molar-refractivity contribution in [3.8, 4) is 17.0 Å². The number of carbonyl (C=O) groups excluding carboxylic acids is 1. The van der Waals surface area contributed by atoms with Crippen molar-refractivity contribution in [2.75, 3.05) is 14.2 Å². The van der Waals surface area contributed by atoms with Crippen LogP contribution in [-0.2, 0) is 11.2 Å². The number of likely N-dealkylation sites (N-methyl/N-ethyl adjacent to an activating group) is 1. The highest BCUT2D eigenvalue weighted by molar-refractivity contribution is 5.81. The van der Waals surface area contributed by atoms with Gasteiger partial charge in [0.2, 0.25) is 0 Å². The molecule has 1 N–H and O–H groups in total. The number of ketones is 1. The molecule has 0 bridgehead atoms. The van der Waals surface area contributed by atoms with Crippen molar-refractivity contribution in [3.05, 3.63) is 48.2 Å².